The van der Waals surface area contributed by atoms with E-state index < -0.39 is 0 Å². The molecule has 0 aliphatic heterocycles. The predicted molar refractivity (Wildman–Crippen MR) is 43.7 cm³/mol. The molecule has 13 heavy (non-hydrogen) atoms. The molecular weight excluding hydrogens is 215 g/mol. The van der Waals surface area contributed by atoms with E-state index in [1.807, 2.05) is 0 Å². The zero-order valence-corrected chi connectivity index (χ0v) is 8.41. The molecule has 0 bridgehead atoms. The normalized spacial score (nSPS) is 7.23. The maximum absolute atomic E-state index is 10.8. The van der Waals surface area contributed by atoms with Crippen molar-refractivity contribution in [2.75, 3.05) is 7.11 Å². The summed E-state index contributed by atoms with van der Waals surface area (Å²) in [6, 6.07) is 9.47. The molecule has 0 aliphatic carbocycles. The van der Waals surface area contributed by atoms with E-state index in [-0.39, 0.29) is 13.4 Å². The van der Waals surface area contributed by atoms with E-state index in [2.05, 4.69) is 26.5 Å². The Morgan fingerprint density at radius 1 is 1.38 bits per heavy atom. The van der Waals surface area contributed by atoms with Crippen LogP contribution < -0.4 is 0 Å². The van der Waals surface area contributed by atoms with Gasteiger partial charge >= 0.3 is 25.5 Å². The maximum atomic E-state index is 10.8. The third kappa shape index (κ3) is 5.27. The summed E-state index contributed by atoms with van der Waals surface area (Å²) in [6.07, 6.45) is 0. The first-order chi connectivity index (χ1) is 5.84. The van der Waals surface area contributed by atoms with Gasteiger partial charge in [0.05, 0.1) is 7.11 Å². The van der Waals surface area contributed by atoms with Crippen LogP contribution in [0.15, 0.2) is 24.3 Å². The van der Waals surface area contributed by atoms with E-state index in [0.717, 1.165) is 0 Å². The quantitative estimate of drug-likeness (QED) is 0.538. The molecule has 0 spiro atoms. The number of carbonyl (C=O) groups is 1. The summed E-state index contributed by atoms with van der Waals surface area (Å²) in [7, 11) is 1.36. The van der Waals surface area contributed by atoms with Crippen molar-refractivity contribution in [1.29, 1.82) is 0 Å². The molecule has 0 saturated carbocycles. The van der Waals surface area contributed by atoms with Crippen LogP contribution in [-0.4, -0.2) is 13.1 Å². The molecular formula is C9H10CoO3-2. The van der Waals surface area contributed by atoms with Gasteiger partial charge in [0, 0.05) is 0 Å². The summed E-state index contributed by atoms with van der Waals surface area (Å²) in [6.45, 7) is 0. The van der Waals surface area contributed by atoms with Crippen LogP contribution in [0.3, 0.4) is 0 Å². The molecule has 0 aliphatic rings. The van der Waals surface area contributed by atoms with Crippen LogP contribution in [0.5, 0.6) is 0 Å². The molecule has 0 fully saturated rings. The first-order valence-corrected chi connectivity index (χ1v) is 3.45. The number of ether oxygens (including phenoxy) is 1. The number of rotatable bonds is 1. The summed E-state index contributed by atoms with van der Waals surface area (Å²) < 4.78 is 12.4. The molecule has 0 radical (unpaired) electrons. The Morgan fingerprint density at radius 3 is 2.23 bits per heavy atom. The number of hydrogen-bond donors (Lipinski definition) is 0. The second-order valence-electron chi connectivity index (χ2n) is 1.78. The van der Waals surface area contributed by atoms with Crippen LogP contribution in [0, 0.1) is 13.5 Å². The average molecular weight is 225 g/mol. The molecule has 0 unspecified atom stereocenters. The fourth-order valence-corrected chi connectivity index (χ4v) is 0.641. The second-order valence-corrected chi connectivity index (χ2v) is 1.78. The van der Waals surface area contributed by atoms with E-state index >= 15 is 0 Å². The zero-order chi connectivity index (χ0) is 9.40. The van der Waals surface area contributed by atoms with Crippen LogP contribution in [0.1, 0.15) is 10.4 Å². The van der Waals surface area contributed by atoms with Crippen molar-refractivity contribution in [3.8, 4) is 0 Å². The van der Waals surface area contributed by atoms with Crippen LogP contribution in [0.4, 0.5) is 0 Å². The Hall–Kier alpha value is -1.00. The van der Waals surface area contributed by atoms with Gasteiger partial charge in [-0.2, -0.15) is 30.3 Å². The zero-order valence-electron chi connectivity index (χ0n) is 7.37. The van der Waals surface area contributed by atoms with Gasteiger partial charge in [0.2, 0.25) is 0 Å². The first-order valence-electron chi connectivity index (χ1n) is 3.02. The van der Waals surface area contributed by atoms with E-state index in [0.29, 0.717) is 5.56 Å². The van der Waals surface area contributed by atoms with Crippen LogP contribution in [-0.2, 0) is 24.3 Å². The Labute approximate surface area is 85.9 Å². The molecule has 1 rings (SSSR count). The average Bonchev–Trinajstić information content (AvgIpc) is 2.21. The van der Waals surface area contributed by atoms with Crippen molar-refractivity contribution in [3.63, 3.8) is 0 Å². The summed E-state index contributed by atoms with van der Waals surface area (Å²) in [4.78, 5) is 10.8. The van der Waals surface area contributed by atoms with Crippen LogP contribution in [0.25, 0.3) is 0 Å². The standard InChI is InChI=1S/C8H7O2.CH3.Co.O/c1-10-8(9)7-5-3-2-4-6-7;;;/h3-6H,1H3;1H3;;/q2*-1;;. The van der Waals surface area contributed by atoms with Crippen molar-refractivity contribution < 1.29 is 29.1 Å². The second kappa shape index (κ2) is 9.09. The van der Waals surface area contributed by atoms with Gasteiger partial charge in [-0.1, -0.05) is 0 Å². The topological polar surface area (TPSA) is 43.4 Å². The number of esters is 1. The number of methoxy groups -OCH3 is 1. The van der Waals surface area contributed by atoms with Gasteiger partial charge in [0.15, 0.2) is 0 Å². The molecule has 3 nitrogen and oxygen atoms in total. The monoisotopic (exact) mass is 225 g/mol. The molecule has 0 saturated heterocycles. The summed E-state index contributed by atoms with van der Waals surface area (Å²) >= 11 is 2.31. The Bertz CT molecular complexity index is 236. The molecule has 0 heterocycles. The third-order valence-corrected chi connectivity index (χ3v) is 1.14. The number of benzene rings is 1. The summed E-state index contributed by atoms with van der Waals surface area (Å²) in [5.41, 5.74) is 0.557. The van der Waals surface area contributed by atoms with Crippen LogP contribution in [0.2, 0.25) is 0 Å². The molecule has 0 N–H and O–H groups in total. The van der Waals surface area contributed by atoms with Gasteiger partial charge in [-0.25, -0.2) is 4.79 Å². The van der Waals surface area contributed by atoms with Crippen molar-refractivity contribution >= 4 is 5.97 Å². The first kappa shape index (κ1) is 14.5. The van der Waals surface area contributed by atoms with Crippen molar-refractivity contribution in [2.24, 2.45) is 0 Å². The minimum atomic E-state index is -0.311. The minimum absolute atomic E-state index is 0. The molecule has 0 atom stereocenters. The van der Waals surface area contributed by atoms with Crippen LogP contribution >= 0.6 is 0 Å². The molecule has 4 heteroatoms. The van der Waals surface area contributed by atoms with E-state index in [1.165, 1.54) is 7.11 Å². The summed E-state index contributed by atoms with van der Waals surface area (Å²) in [5, 5.41) is 0. The van der Waals surface area contributed by atoms with E-state index in [9.17, 15) is 4.79 Å². The fourth-order valence-electron chi connectivity index (χ4n) is 0.641. The van der Waals surface area contributed by atoms with Gasteiger partial charge < -0.3 is 12.2 Å². The number of carbonyl (C=O) groups excluding carboxylic acids is 1. The van der Waals surface area contributed by atoms with Gasteiger partial charge in [-0.15, -0.1) is 0 Å². The Morgan fingerprint density at radius 2 is 1.85 bits per heavy atom. The van der Waals surface area contributed by atoms with E-state index in [1.54, 1.807) is 24.3 Å². The van der Waals surface area contributed by atoms with Crippen molar-refractivity contribution in [2.45, 2.75) is 0 Å². The van der Waals surface area contributed by atoms with Gasteiger partial charge in [0.1, 0.15) is 0 Å². The molecule has 75 valence electrons. The fraction of sp³-hybridized carbons (Fsp3) is 0.111. The SMILES string of the molecule is COC(=O)c1cc[c-]cc1.[CH3-].[O]=[Co]. The molecule has 0 amide bonds. The van der Waals surface area contributed by atoms with Gasteiger partial charge in [0.25, 0.3) is 0 Å². The van der Waals surface area contributed by atoms with Crippen molar-refractivity contribution in [1.82, 2.24) is 0 Å². The molecule has 1 aromatic carbocycles. The van der Waals surface area contributed by atoms with Crippen molar-refractivity contribution in [3.05, 3.63) is 43.3 Å². The molecule has 0 aromatic heterocycles. The Kier molecular flexibility index (Phi) is 10.1. The third-order valence-electron chi connectivity index (χ3n) is 1.14. The molecule has 1 aromatic rings. The Balaban J connectivity index is 0. The van der Waals surface area contributed by atoms with Gasteiger partial charge in [-0.05, 0) is 5.56 Å². The summed E-state index contributed by atoms with van der Waals surface area (Å²) in [5.74, 6) is -0.311. The predicted octanol–water partition coefficient (Wildman–Crippen LogP) is 1.60. The van der Waals surface area contributed by atoms with Gasteiger partial charge in [-0.3, -0.25) is 0 Å². The van der Waals surface area contributed by atoms with E-state index in [4.69, 9.17) is 3.87 Å². The number of hydrogen-bond acceptors (Lipinski definition) is 3.